The van der Waals surface area contributed by atoms with Gasteiger partial charge in [-0.3, -0.25) is 0 Å². The maximum Gasteiger partial charge on any atom is 0.405 e. The van der Waals surface area contributed by atoms with Crippen LogP contribution in [0, 0.1) is 20.8 Å². The highest BCUT2D eigenvalue weighted by molar-refractivity contribution is 7.00. The van der Waals surface area contributed by atoms with Crippen molar-refractivity contribution in [3.8, 4) is 0 Å². The molecule has 1 unspecified atom stereocenters. The van der Waals surface area contributed by atoms with Crippen LogP contribution in [0.3, 0.4) is 0 Å². The molecule has 0 spiro atoms. The van der Waals surface area contributed by atoms with Crippen LogP contribution in [0.25, 0.3) is 0 Å². The zero-order valence-corrected chi connectivity index (χ0v) is 41.4. The van der Waals surface area contributed by atoms with Crippen LogP contribution >= 0.6 is 0 Å². The summed E-state index contributed by atoms with van der Waals surface area (Å²) in [5, 5.41) is 3.98. The third-order valence-corrected chi connectivity index (χ3v) is 41.2. The van der Waals surface area contributed by atoms with Crippen LogP contribution in [0.4, 0.5) is 0 Å². The monoisotopic (exact) mass is 746 g/mol. The number of rotatable bonds is 12. The molecule has 2 aromatic rings. The minimum Gasteiger partial charge on any atom is -0.404 e. The second kappa shape index (κ2) is 13.5. The van der Waals surface area contributed by atoms with Crippen molar-refractivity contribution in [2.24, 2.45) is 0 Å². The predicted octanol–water partition coefficient (Wildman–Crippen LogP) is 10.3. The van der Waals surface area contributed by atoms with Crippen molar-refractivity contribution in [1.29, 1.82) is 0 Å². The maximum absolute atomic E-state index is 13.7. The summed E-state index contributed by atoms with van der Waals surface area (Å²) in [5.41, 5.74) is 8.17. The molecule has 2 aromatic carbocycles. The Balaban J connectivity index is 3.59. The molecule has 0 fully saturated rings. The Hall–Kier alpha value is -0.122. The summed E-state index contributed by atoms with van der Waals surface area (Å²) >= 11 is 0. The first-order valence-corrected chi connectivity index (χ1v) is 41.1. The molecule has 0 bridgehead atoms. The van der Waals surface area contributed by atoms with E-state index < -0.39 is 57.0 Å². The Bertz CT molecular complexity index is 1280. The van der Waals surface area contributed by atoms with Crippen LogP contribution in [0.15, 0.2) is 24.3 Å². The summed E-state index contributed by atoms with van der Waals surface area (Å²) in [4.78, 5) is 13.7. The molecule has 9 heteroatoms. The topological polar surface area (TPSA) is 29.5 Å². The second-order valence-electron chi connectivity index (χ2n) is 21.2. The Labute approximate surface area is 293 Å². The maximum atomic E-state index is 13.7. The lowest BCUT2D eigenvalue weighted by Gasteiger charge is -2.47. The van der Waals surface area contributed by atoms with Gasteiger partial charge >= 0.3 is 8.56 Å². The standard InChI is InChI=1S/C37H74O2Si7/c1-27-23-28(2)33(29(3)24-27)46(38,39-4)34-31(36(42(11,12)13)43(14,15)16)25-30(35(40(5,6)7)41(8,9)10)26-32(34)37(44(17,18)19)45(20,21)22/h23-26,35-38H,1-22H3. The quantitative estimate of drug-likeness (QED) is 0.219. The summed E-state index contributed by atoms with van der Waals surface area (Å²) in [6.07, 6.45) is 0. The fourth-order valence-electron chi connectivity index (χ4n) is 10.5. The van der Waals surface area contributed by atoms with Gasteiger partial charge in [0.25, 0.3) is 0 Å². The van der Waals surface area contributed by atoms with Gasteiger partial charge < -0.3 is 9.22 Å². The number of aryl methyl sites for hydroxylation is 3. The van der Waals surface area contributed by atoms with E-state index in [9.17, 15) is 4.80 Å². The van der Waals surface area contributed by atoms with E-state index in [1.165, 1.54) is 33.0 Å². The van der Waals surface area contributed by atoms with E-state index in [1.807, 2.05) is 7.11 Å². The Morgan fingerprint density at radius 3 is 0.978 bits per heavy atom. The van der Waals surface area contributed by atoms with Crippen molar-refractivity contribution in [2.45, 2.75) is 154 Å². The molecule has 0 aliphatic carbocycles. The van der Waals surface area contributed by atoms with E-state index in [0.717, 1.165) is 5.19 Å². The van der Waals surface area contributed by atoms with E-state index >= 15 is 0 Å². The van der Waals surface area contributed by atoms with Gasteiger partial charge in [0.1, 0.15) is 0 Å². The molecule has 1 N–H and O–H groups in total. The van der Waals surface area contributed by atoms with Crippen molar-refractivity contribution in [2.75, 3.05) is 7.11 Å². The molecule has 0 saturated heterocycles. The van der Waals surface area contributed by atoms with Gasteiger partial charge in [-0.25, -0.2) is 0 Å². The van der Waals surface area contributed by atoms with Crippen LogP contribution in [0.2, 0.25) is 118 Å². The molecule has 0 heterocycles. The largest absolute Gasteiger partial charge is 0.405 e. The van der Waals surface area contributed by atoms with Gasteiger partial charge in [-0.1, -0.05) is 148 Å². The summed E-state index contributed by atoms with van der Waals surface area (Å²) in [6, 6.07) is 9.93. The molecule has 1 atom stereocenters. The highest BCUT2D eigenvalue weighted by Gasteiger charge is 2.53. The Kier molecular flexibility index (Phi) is 12.4. The van der Waals surface area contributed by atoms with E-state index in [0.29, 0.717) is 15.5 Å². The second-order valence-corrected chi connectivity index (χ2v) is 57.5. The smallest absolute Gasteiger partial charge is 0.404 e. The van der Waals surface area contributed by atoms with Gasteiger partial charge in [-0.2, -0.15) is 0 Å². The van der Waals surface area contributed by atoms with Crippen LogP contribution < -0.4 is 10.4 Å². The average molecular weight is 748 g/mol. The molecule has 0 aliphatic heterocycles. The number of hydrogen-bond donors (Lipinski definition) is 1. The highest BCUT2D eigenvalue weighted by atomic mass is 28.4. The SMILES string of the molecule is CO[Si](O)(c1c(C)cc(C)cc1C)c1c(C([Si](C)(C)C)[Si](C)(C)C)cc(C([Si](C)(C)C)[Si](C)(C)C)cc1C([Si](C)(C)C)[Si](C)(C)C. The van der Waals surface area contributed by atoms with Crippen LogP contribution in [-0.4, -0.2) is 68.9 Å². The lowest BCUT2D eigenvalue weighted by Crippen LogP contribution is -2.67. The van der Waals surface area contributed by atoms with Crippen molar-refractivity contribution in [1.82, 2.24) is 0 Å². The van der Waals surface area contributed by atoms with Gasteiger partial charge in [0.05, 0.1) is 0 Å². The zero-order valence-electron chi connectivity index (χ0n) is 34.4. The molecule has 0 saturated carbocycles. The molecule has 46 heavy (non-hydrogen) atoms. The first-order valence-electron chi connectivity index (χ1n) is 17.7. The number of hydrogen-bond acceptors (Lipinski definition) is 2. The Morgan fingerprint density at radius 2 is 0.739 bits per heavy atom. The summed E-state index contributed by atoms with van der Waals surface area (Å²) in [5.74, 6) is 0. The lowest BCUT2D eigenvalue weighted by atomic mass is 10.1. The molecular formula is C37H74O2Si7. The summed E-state index contributed by atoms with van der Waals surface area (Å²) in [6.45, 7) is 53.3. The number of benzene rings is 2. The predicted molar refractivity (Wildman–Crippen MR) is 230 cm³/mol. The fraction of sp³-hybridized carbons (Fsp3) is 0.676. The van der Waals surface area contributed by atoms with Crippen LogP contribution in [0.5, 0.6) is 0 Å². The lowest BCUT2D eigenvalue weighted by molar-refractivity contribution is 0.320. The average Bonchev–Trinajstić information content (AvgIpc) is 2.71. The molecular weight excluding hydrogens is 673 g/mol. The summed E-state index contributed by atoms with van der Waals surface area (Å²) in [7, 11) is -12.1. The Morgan fingerprint density at radius 1 is 0.457 bits per heavy atom. The first-order chi connectivity index (χ1) is 20.2. The van der Waals surface area contributed by atoms with Crippen LogP contribution in [-0.2, 0) is 4.43 Å². The molecule has 2 rings (SSSR count). The first kappa shape index (κ1) is 42.0. The fourth-order valence-corrected chi connectivity index (χ4v) is 52.3. The third-order valence-electron chi connectivity index (χ3n) is 10.0. The van der Waals surface area contributed by atoms with Crippen molar-refractivity contribution < 1.29 is 9.22 Å². The molecule has 0 amide bonds. The normalized spacial score (nSPS) is 15.7. The van der Waals surface area contributed by atoms with E-state index in [1.54, 1.807) is 5.56 Å². The third kappa shape index (κ3) is 8.96. The van der Waals surface area contributed by atoms with Crippen molar-refractivity contribution >= 4 is 67.4 Å². The molecule has 0 radical (unpaired) electrons. The van der Waals surface area contributed by atoms with Crippen molar-refractivity contribution in [3.63, 3.8) is 0 Å². The van der Waals surface area contributed by atoms with Gasteiger partial charge in [0, 0.05) is 65.9 Å². The molecule has 262 valence electrons. The van der Waals surface area contributed by atoms with Gasteiger partial charge in [-0.15, -0.1) is 0 Å². The van der Waals surface area contributed by atoms with Gasteiger partial charge in [-0.05, 0) is 64.1 Å². The van der Waals surface area contributed by atoms with Crippen LogP contribution in [0.1, 0.15) is 48.9 Å². The van der Waals surface area contributed by atoms with Gasteiger partial charge in [0.2, 0.25) is 0 Å². The van der Waals surface area contributed by atoms with Crippen molar-refractivity contribution in [3.05, 3.63) is 57.6 Å². The minimum absolute atomic E-state index is 0.502. The highest BCUT2D eigenvalue weighted by Crippen LogP contribution is 2.45. The molecule has 2 nitrogen and oxygen atoms in total. The van der Waals surface area contributed by atoms with E-state index in [4.69, 9.17) is 4.43 Å². The van der Waals surface area contributed by atoms with E-state index in [2.05, 4.69) is 163 Å². The van der Waals surface area contributed by atoms with E-state index in [-0.39, 0.29) is 0 Å². The minimum atomic E-state index is -3.66. The zero-order chi connectivity index (χ0) is 36.4. The molecule has 0 aromatic heterocycles. The molecule has 0 aliphatic rings. The van der Waals surface area contributed by atoms with Gasteiger partial charge in [0.15, 0.2) is 0 Å². The summed E-state index contributed by atoms with van der Waals surface area (Å²) < 4.78 is 6.75.